The number of nitrogens with two attached hydrogens (primary N) is 1. The number of anilines is 2. The Hall–Kier alpha value is -2.21. The van der Waals surface area contributed by atoms with Gasteiger partial charge in [-0.2, -0.15) is 5.10 Å². The van der Waals surface area contributed by atoms with Crippen LogP contribution in [0.5, 0.6) is 5.75 Å². The molecule has 0 aliphatic rings. The van der Waals surface area contributed by atoms with E-state index in [2.05, 4.69) is 21.4 Å². The highest BCUT2D eigenvalue weighted by molar-refractivity contribution is 5.59. The zero-order chi connectivity index (χ0) is 15.4. The minimum Gasteiger partial charge on any atom is -0.497 e. The van der Waals surface area contributed by atoms with E-state index >= 15 is 0 Å². The minimum absolute atomic E-state index is 0.196. The summed E-state index contributed by atoms with van der Waals surface area (Å²) in [5, 5.41) is 7.62. The second kappa shape index (κ2) is 6.49. The van der Waals surface area contributed by atoms with Crippen LogP contribution in [0.3, 0.4) is 0 Å². The van der Waals surface area contributed by atoms with E-state index < -0.39 is 0 Å². The molecule has 1 aromatic carbocycles. The molecule has 0 spiro atoms. The fourth-order valence-electron chi connectivity index (χ4n) is 2.28. The topological polar surface area (TPSA) is 68.3 Å². The van der Waals surface area contributed by atoms with Crippen molar-refractivity contribution in [2.45, 2.75) is 6.04 Å². The van der Waals surface area contributed by atoms with E-state index in [1.54, 1.807) is 18.0 Å². The van der Waals surface area contributed by atoms with Gasteiger partial charge in [0.25, 0.3) is 0 Å². The van der Waals surface area contributed by atoms with E-state index in [9.17, 15) is 0 Å². The Morgan fingerprint density at radius 3 is 2.76 bits per heavy atom. The van der Waals surface area contributed by atoms with Crippen LogP contribution in [0, 0.1) is 0 Å². The van der Waals surface area contributed by atoms with Gasteiger partial charge >= 0.3 is 0 Å². The molecule has 1 aromatic heterocycles. The third-order valence-electron chi connectivity index (χ3n) is 3.42. The summed E-state index contributed by atoms with van der Waals surface area (Å²) in [6, 6.07) is 8.28. The fraction of sp³-hybridized carbons (Fsp3) is 0.400. The number of likely N-dealkylation sites (N-methyl/N-ethyl adjacent to an activating group) is 1. The normalized spacial score (nSPS) is 12.4. The van der Waals surface area contributed by atoms with E-state index in [0.29, 0.717) is 18.1 Å². The number of nitrogen functional groups attached to an aromatic ring is 1. The number of aryl methyl sites for hydroxylation is 1. The van der Waals surface area contributed by atoms with E-state index in [-0.39, 0.29) is 6.04 Å². The molecule has 21 heavy (non-hydrogen) atoms. The number of nitrogens with one attached hydrogen (secondary N) is 1. The Morgan fingerprint density at radius 2 is 2.19 bits per heavy atom. The summed E-state index contributed by atoms with van der Waals surface area (Å²) in [5.74, 6) is 1.57. The van der Waals surface area contributed by atoms with E-state index in [1.165, 1.54) is 5.56 Å². The molecule has 0 aliphatic heterocycles. The Labute approximate surface area is 125 Å². The average molecular weight is 289 g/mol. The van der Waals surface area contributed by atoms with Crippen molar-refractivity contribution in [1.82, 2.24) is 14.7 Å². The van der Waals surface area contributed by atoms with Crippen LogP contribution in [0.1, 0.15) is 11.6 Å². The van der Waals surface area contributed by atoms with Gasteiger partial charge in [0.2, 0.25) is 0 Å². The molecule has 3 N–H and O–H groups in total. The minimum atomic E-state index is 0.196. The van der Waals surface area contributed by atoms with Crippen LogP contribution in [0.25, 0.3) is 0 Å². The lowest BCUT2D eigenvalue weighted by Gasteiger charge is -2.25. The van der Waals surface area contributed by atoms with Crippen LogP contribution in [0.4, 0.5) is 11.5 Å². The molecule has 2 rings (SSSR count). The molecule has 6 nitrogen and oxygen atoms in total. The molecule has 0 radical (unpaired) electrons. The lowest BCUT2D eigenvalue weighted by atomic mass is 10.1. The highest BCUT2D eigenvalue weighted by Gasteiger charge is 2.16. The average Bonchev–Trinajstić information content (AvgIpc) is 2.77. The molecule has 1 unspecified atom stereocenters. The first-order chi connectivity index (χ1) is 10.0. The molecule has 0 saturated heterocycles. The van der Waals surface area contributed by atoms with Gasteiger partial charge in [0.15, 0.2) is 5.82 Å². The van der Waals surface area contributed by atoms with Gasteiger partial charge in [-0.1, -0.05) is 12.1 Å². The first-order valence-electron chi connectivity index (χ1n) is 6.84. The Bertz CT molecular complexity index is 593. The SMILES string of the molecule is COc1cccc(C(CNc2nn(C)cc2N)N(C)C)c1. The van der Waals surface area contributed by atoms with Crippen molar-refractivity contribution in [2.75, 3.05) is 38.8 Å². The summed E-state index contributed by atoms with van der Waals surface area (Å²) < 4.78 is 7.00. The van der Waals surface area contributed by atoms with Gasteiger partial charge in [0.1, 0.15) is 5.75 Å². The summed E-state index contributed by atoms with van der Waals surface area (Å²) >= 11 is 0. The van der Waals surface area contributed by atoms with Crippen molar-refractivity contribution in [3.05, 3.63) is 36.0 Å². The Morgan fingerprint density at radius 1 is 1.43 bits per heavy atom. The molecule has 1 atom stereocenters. The van der Waals surface area contributed by atoms with Crippen LogP contribution in [0.15, 0.2) is 30.5 Å². The fourth-order valence-corrected chi connectivity index (χ4v) is 2.28. The van der Waals surface area contributed by atoms with Crippen LogP contribution in [0.2, 0.25) is 0 Å². The van der Waals surface area contributed by atoms with Gasteiger partial charge in [-0.3, -0.25) is 4.68 Å². The lowest BCUT2D eigenvalue weighted by molar-refractivity contribution is 0.310. The van der Waals surface area contributed by atoms with Crippen molar-refractivity contribution >= 4 is 11.5 Å². The zero-order valence-electron chi connectivity index (χ0n) is 13.0. The number of hydrogen-bond donors (Lipinski definition) is 2. The predicted molar refractivity (Wildman–Crippen MR) is 85.5 cm³/mol. The Kier molecular flexibility index (Phi) is 4.70. The molecular formula is C15H23N5O. The lowest BCUT2D eigenvalue weighted by Crippen LogP contribution is -2.27. The molecule has 0 fully saturated rings. The quantitative estimate of drug-likeness (QED) is 0.847. The third-order valence-corrected chi connectivity index (χ3v) is 3.42. The Balaban J connectivity index is 2.14. The molecule has 0 amide bonds. The first kappa shape index (κ1) is 15.2. The maximum absolute atomic E-state index is 5.91. The molecule has 0 bridgehead atoms. The predicted octanol–water partition coefficient (Wildman–Crippen LogP) is 1.73. The largest absolute Gasteiger partial charge is 0.497 e. The van der Waals surface area contributed by atoms with E-state index in [4.69, 9.17) is 10.5 Å². The van der Waals surface area contributed by atoms with E-state index in [0.717, 1.165) is 5.75 Å². The smallest absolute Gasteiger partial charge is 0.171 e. The number of nitrogens with zero attached hydrogens (tertiary/aromatic N) is 3. The maximum atomic E-state index is 5.91. The highest BCUT2D eigenvalue weighted by atomic mass is 16.5. The molecular weight excluding hydrogens is 266 g/mol. The maximum Gasteiger partial charge on any atom is 0.171 e. The monoisotopic (exact) mass is 289 g/mol. The van der Waals surface area contributed by atoms with Crippen molar-refractivity contribution in [2.24, 2.45) is 7.05 Å². The highest BCUT2D eigenvalue weighted by Crippen LogP contribution is 2.24. The van der Waals surface area contributed by atoms with Crippen LogP contribution >= 0.6 is 0 Å². The van der Waals surface area contributed by atoms with Crippen LogP contribution in [-0.4, -0.2) is 42.4 Å². The number of hydrogen-bond acceptors (Lipinski definition) is 5. The van der Waals surface area contributed by atoms with Crippen LogP contribution < -0.4 is 15.8 Å². The summed E-state index contributed by atoms with van der Waals surface area (Å²) in [6.07, 6.45) is 1.79. The van der Waals surface area contributed by atoms with Crippen LogP contribution in [-0.2, 0) is 7.05 Å². The molecule has 1 heterocycles. The molecule has 6 heteroatoms. The van der Waals surface area contributed by atoms with Crippen molar-refractivity contribution < 1.29 is 4.74 Å². The number of ether oxygens (including phenoxy) is 1. The van der Waals surface area contributed by atoms with Gasteiger partial charge < -0.3 is 20.7 Å². The number of aromatic nitrogens is 2. The standard InChI is InChI=1S/C15H23N5O/c1-19(2)14(11-6-5-7-12(8-11)21-4)9-17-15-13(16)10-20(3)18-15/h5-8,10,14H,9,16H2,1-4H3,(H,17,18). The molecule has 2 aromatic rings. The van der Waals surface area contributed by atoms with Gasteiger partial charge in [-0.05, 0) is 31.8 Å². The number of benzene rings is 1. The molecule has 0 aliphatic carbocycles. The summed E-state index contributed by atoms with van der Waals surface area (Å²) in [7, 11) is 7.63. The second-order valence-electron chi connectivity index (χ2n) is 5.24. The van der Waals surface area contributed by atoms with Gasteiger partial charge in [-0.15, -0.1) is 0 Å². The molecule has 0 saturated carbocycles. The van der Waals surface area contributed by atoms with Crippen molar-refractivity contribution in [3.8, 4) is 5.75 Å². The summed E-state index contributed by atoms with van der Waals surface area (Å²) in [6.45, 7) is 0.710. The second-order valence-corrected chi connectivity index (χ2v) is 5.24. The molecule has 114 valence electrons. The number of methoxy groups -OCH3 is 1. The van der Waals surface area contributed by atoms with Crippen molar-refractivity contribution in [3.63, 3.8) is 0 Å². The zero-order valence-corrected chi connectivity index (χ0v) is 13.0. The third kappa shape index (κ3) is 3.66. The van der Waals surface area contributed by atoms with Crippen molar-refractivity contribution in [1.29, 1.82) is 0 Å². The first-order valence-corrected chi connectivity index (χ1v) is 6.84. The van der Waals surface area contributed by atoms with Gasteiger partial charge in [0.05, 0.1) is 18.8 Å². The van der Waals surface area contributed by atoms with Gasteiger partial charge in [-0.25, -0.2) is 0 Å². The number of rotatable bonds is 6. The summed E-state index contributed by atoms with van der Waals surface area (Å²) in [5.41, 5.74) is 7.74. The van der Waals surface area contributed by atoms with Gasteiger partial charge in [0, 0.05) is 19.8 Å². The van der Waals surface area contributed by atoms with E-state index in [1.807, 2.05) is 39.3 Å². The summed E-state index contributed by atoms with van der Waals surface area (Å²) in [4.78, 5) is 2.15.